The van der Waals surface area contributed by atoms with Gasteiger partial charge < -0.3 is 5.32 Å². The largest absolute Gasteiger partial charge is 0.326 e. The van der Waals surface area contributed by atoms with Gasteiger partial charge in [0.2, 0.25) is 11.8 Å². The number of carbonyl (C=O) groups is 2. The molecule has 1 saturated heterocycles. The van der Waals surface area contributed by atoms with E-state index in [9.17, 15) is 18.0 Å². The molecule has 1 aliphatic rings. The Hall–Kier alpha value is -2.14. The van der Waals surface area contributed by atoms with Crippen molar-refractivity contribution in [1.82, 2.24) is 4.90 Å². The Morgan fingerprint density at radius 2 is 1.87 bits per heavy atom. The highest BCUT2D eigenvalue weighted by molar-refractivity contribution is 9.10. The second-order valence-electron chi connectivity index (χ2n) is 6.41. The minimum atomic E-state index is -4.03. The summed E-state index contributed by atoms with van der Waals surface area (Å²) in [5.74, 6) is -0.787. The van der Waals surface area contributed by atoms with Crippen LogP contribution in [-0.4, -0.2) is 42.1 Å². The number of benzene rings is 2. The van der Waals surface area contributed by atoms with E-state index in [1.165, 1.54) is 23.1 Å². The molecule has 0 unspecified atom stereocenters. The molecule has 2 aromatic carbocycles. The first-order valence-corrected chi connectivity index (χ1v) is 12.4. The molecule has 1 fully saturated rings. The average molecular weight is 543 g/mol. The molecule has 0 radical (unpaired) electrons. The molecular weight excluding hydrogens is 526 g/mol. The Balaban J connectivity index is 1.78. The Bertz CT molecular complexity index is 1140. The molecule has 0 spiro atoms. The fourth-order valence-corrected chi connectivity index (χ4v) is 5.44. The molecule has 7 nitrogen and oxygen atoms in total. The number of hydrogen-bond donors (Lipinski definition) is 1. The molecule has 1 aliphatic heterocycles. The molecule has 3 rings (SSSR count). The van der Waals surface area contributed by atoms with E-state index in [4.69, 9.17) is 11.6 Å². The Kier molecular flexibility index (Phi) is 7.58. The number of nitrogens with zero attached hydrogens (tertiary/aromatic N) is 2. The maximum absolute atomic E-state index is 12.8. The molecule has 162 valence electrons. The molecule has 31 heavy (non-hydrogen) atoms. The average Bonchev–Trinajstić information content (AvgIpc) is 2.98. The first kappa shape index (κ1) is 23.5. The molecule has 1 N–H and O–H groups in total. The topological polar surface area (TPSA) is 95.9 Å². The van der Waals surface area contributed by atoms with Crippen molar-refractivity contribution < 1.29 is 18.0 Å². The van der Waals surface area contributed by atoms with Crippen molar-refractivity contribution in [3.05, 3.63) is 70.7 Å². The van der Waals surface area contributed by atoms with Crippen LogP contribution in [0.5, 0.6) is 0 Å². The lowest BCUT2D eigenvalue weighted by atomic mass is 10.2. The van der Waals surface area contributed by atoms with Crippen LogP contribution >= 0.6 is 39.3 Å². The molecule has 0 aromatic heterocycles. The predicted octanol–water partition coefficient (Wildman–Crippen LogP) is 4.31. The van der Waals surface area contributed by atoms with Crippen LogP contribution in [0.15, 0.2) is 75.0 Å². The van der Waals surface area contributed by atoms with Gasteiger partial charge in [0.15, 0.2) is 5.17 Å². The highest BCUT2D eigenvalue weighted by Gasteiger charge is 2.39. The van der Waals surface area contributed by atoms with Gasteiger partial charge in [-0.2, -0.15) is 8.42 Å². The van der Waals surface area contributed by atoms with Gasteiger partial charge in [0.05, 0.1) is 4.90 Å². The summed E-state index contributed by atoms with van der Waals surface area (Å²) in [4.78, 5) is 26.4. The molecule has 11 heteroatoms. The van der Waals surface area contributed by atoms with E-state index in [0.717, 1.165) is 16.2 Å². The summed E-state index contributed by atoms with van der Waals surface area (Å²) in [6.07, 6.45) is 1.33. The number of amides is 2. The monoisotopic (exact) mass is 541 g/mol. The van der Waals surface area contributed by atoms with Gasteiger partial charge >= 0.3 is 0 Å². The number of nitrogens with one attached hydrogen (secondary N) is 1. The number of carbonyl (C=O) groups excluding carboxylic acids is 2. The fourth-order valence-electron chi connectivity index (χ4n) is 2.68. The first-order chi connectivity index (χ1) is 14.7. The number of sulfonamides is 1. The summed E-state index contributed by atoms with van der Waals surface area (Å²) in [6, 6.07) is 12.6. The van der Waals surface area contributed by atoms with E-state index in [2.05, 4.69) is 32.2 Å². The van der Waals surface area contributed by atoms with Gasteiger partial charge in [-0.3, -0.25) is 14.5 Å². The normalized spacial score (nSPS) is 17.7. The van der Waals surface area contributed by atoms with Crippen LogP contribution in [0.25, 0.3) is 0 Å². The van der Waals surface area contributed by atoms with Crippen LogP contribution in [-0.2, 0) is 19.6 Å². The van der Waals surface area contributed by atoms with Crippen molar-refractivity contribution in [1.29, 1.82) is 0 Å². The Morgan fingerprint density at radius 3 is 2.48 bits per heavy atom. The molecule has 0 bridgehead atoms. The quantitative estimate of drug-likeness (QED) is 0.526. The maximum Gasteiger partial charge on any atom is 0.284 e. The summed E-state index contributed by atoms with van der Waals surface area (Å²) in [5.41, 5.74) is 0.541. The number of anilines is 1. The van der Waals surface area contributed by atoms with Crippen molar-refractivity contribution in [2.75, 3.05) is 11.9 Å². The zero-order valence-electron chi connectivity index (χ0n) is 16.0. The van der Waals surface area contributed by atoms with E-state index in [-0.39, 0.29) is 28.9 Å². The number of hydrogen-bond acceptors (Lipinski definition) is 5. The number of rotatable bonds is 7. The van der Waals surface area contributed by atoms with Crippen LogP contribution in [0.1, 0.15) is 6.42 Å². The molecule has 0 aliphatic carbocycles. The minimum absolute atomic E-state index is 0.00117. The van der Waals surface area contributed by atoms with Crippen molar-refractivity contribution in [3.8, 4) is 0 Å². The van der Waals surface area contributed by atoms with Gasteiger partial charge in [-0.25, -0.2) is 0 Å². The van der Waals surface area contributed by atoms with Gasteiger partial charge in [0.25, 0.3) is 10.0 Å². The zero-order valence-corrected chi connectivity index (χ0v) is 20.0. The second-order valence-corrected chi connectivity index (χ2v) is 10.5. The van der Waals surface area contributed by atoms with Crippen LogP contribution < -0.4 is 5.32 Å². The summed E-state index contributed by atoms with van der Waals surface area (Å²) in [7, 11) is -4.03. The Morgan fingerprint density at radius 1 is 1.23 bits per heavy atom. The van der Waals surface area contributed by atoms with Crippen molar-refractivity contribution >= 4 is 72.0 Å². The van der Waals surface area contributed by atoms with Gasteiger partial charge in [-0.05, 0) is 48.5 Å². The van der Waals surface area contributed by atoms with Crippen molar-refractivity contribution in [2.24, 2.45) is 4.40 Å². The molecule has 2 amide bonds. The lowest BCUT2D eigenvalue weighted by Gasteiger charge is -2.13. The van der Waals surface area contributed by atoms with E-state index in [0.29, 0.717) is 10.7 Å². The third-order valence-electron chi connectivity index (χ3n) is 4.14. The molecular formula is C20H17BrClN3O4S2. The number of thioether (sulfide) groups is 1. The van der Waals surface area contributed by atoms with E-state index < -0.39 is 21.2 Å². The lowest BCUT2D eigenvalue weighted by Crippen LogP contribution is -2.33. The van der Waals surface area contributed by atoms with Gasteiger partial charge in [0.1, 0.15) is 5.25 Å². The SMILES string of the molecule is C=CCN1C(=O)[C@H](CC(=O)Nc2ccc(Cl)cc2)SC1=NS(=O)(=O)c1ccc(Br)cc1. The molecule has 2 aromatic rings. The summed E-state index contributed by atoms with van der Waals surface area (Å²) < 4.78 is 30.0. The summed E-state index contributed by atoms with van der Waals surface area (Å²) >= 11 is 10.0. The van der Waals surface area contributed by atoms with E-state index >= 15 is 0 Å². The standard InChI is InChI=1S/C20H17BrClN3O4S2/c1-2-11-25-19(27)17(12-18(26)23-15-7-5-14(22)6-8-15)30-20(25)24-31(28,29)16-9-3-13(21)4-10-16/h2-10,17H,1,11-12H2,(H,23,26)/t17-/m0/s1. The van der Waals surface area contributed by atoms with Gasteiger partial charge in [0, 0.05) is 28.1 Å². The molecule has 1 heterocycles. The minimum Gasteiger partial charge on any atom is -0.326 e. The van der Waals surface area contributed by atoms with Crippen LogP contribution in [0.4, 0.5) is 5.69 Å². The summed E-state index contributed by atoms with van der Waals surface area (Å²) in [5, 5.41) is 2.44. The molecule has 1 atom stereocenters. The van der Waals surface area contributed by atoms with Gasteiger partial charge in [-0.15, -0.1) is 11.0 Å². The molecule has 0 saturated carbocycles. The second kappa shape index (κ2) is 9.99. The lowest BCUT2D eigenvalue weighted by molar-refractivity contribution is -0.127. The zero-order chi connectivity index (χ0) is 22.6. The van der Waals surface area contributed by atoms with Crippen molar-refractivity contribution in [2.45, 2.75) is 16.6 Å². The number of halogens is 2. The highest BCUT2D eigenvalue weighted by Crippen LogP contribution is 2.31. The summed E-state index contributed by atoms with van der Waals surface area (Å²) in [6.45, 7) is 3.68. The van der Waals surface area contributed by atoms with Crippen LogP contribution in [0.3, 0.4) is 0 Å². The third-order valence-corrected chi connectivity index (χ3v) is 7.49. The Labute approximate surface area is 197 Å². The van der Waals surface area contributed by atoms with Crippen LogP contribution in [0.2, 0.25) is 5.02 Å². The fraction of sp³-hybridized carbons (Fsp3) is 0.150. The van der Waals surface area contributed by atoms with Crippen molar-refractivity contribution in [3.63, 3.8) is 0 Å². The van der Waals surface area contributed by atoms with Crippen LogP contribution in [0, 0.1) is 0 Å². The van der Waals surface area contributed by atoms with E-state index in [1.54, 1.807) is 36.4 Å². The first-order valence-electron chi connectivity index (χ1n) is 8.94. The smallest absolute Gasteiger partial charge is 0.284 e. The predicted molar refractivity (Wildman–Crippen MR) is 127 cm³/mol. The third kappa shape index (κ3) is 5.97. The maximum atomic E-state index is 12.8. The highest BCUT2D eigenvalue weighted by atomic mass is 79.9. The number of amidine groups is 1. The van der Waals surface area contributed by atoms with E-state index in [1.807, 2.05) is 0 Å². The van der Waals surface area contributed by atoms with Gasteiger partial charge in [-0.1, -0.05) is 45.4 Å².